The number of nitrogen functional groups attached to an aromatic ring is 1. The van der Waals surface area contributed by atoms with E-state index in [0.717, 1.165) is 18.5 Å². The second-order valence-electron chi connectivity index (χ2n) is 2.73. The average Bonchev–Trinajstić information content (AvgIpc) is 2.05. The Kier molecular flexibility index (Phi) is 2.99. The highest BCUT2D eigenvalue weighted by Crippen LogP contribution is 2.12. The predicted molar refractivity (Wildman–Crippen MR) is 48.3 cm³/mol. The van der Waals surface area contributed by atoms with E-state index in [2.05, 4.69) is 16.9 Å². The highest BCUT2D eigenvalue weighted by atomic mass is 15.0. The fourth-order valence-electron chi connectivity index (χ4n) is 1.05. The quantitative estimate of drug-likeness (QED) is 0.698. The summed E-state index contributed by atoms with van der Waals surface area (Å²) in [5.41, 5.74) is 12.1. The number of anilines is 1. The molecule has 0 aliphatic rings. The van der Waals surface area contributed by atoms with Crippen molar-refractivity contribution in [1.29, 1.82) is 0 Å². The van der Waals surface area contributed by atoms with Gasteiger partial charge in [0.25, 0.3) is 0 Å². The third-order valence-corrected chi connectivity index (χ3v) is 1.68. The normalized spacial score (nSPS) is 12.8. The molecule has 0 aliphatic carbocycles. The van der Waals surface area contributed by atoms with Gasteiger partial charge in [-0.25, -0.2) is 9.97 Å². The van der Waals surface area contributed by atoms with Crippen molar-refractivity contribution in [2.75, 3.05) is 5.73 Å². The highest BCUT2D eigenvalue weighted by molar-refractivity contribution is 5.18. The van der Waals surface area contributed by atoms with E-state index in [9.17, 15) is 0 Å². The maximum Gasteiger partial charge on any atom is 0.220 e. The fraction of sp³-hybridized carbons (Fsp3) is 0.500. The van der Waals surface area contributed by atoms with Gasteiger partial charge in [0.1, 0.15) is 0 Å². The number of aromatic nitrogens is 2. The Morgan fingerprint density at radius 1 is 1.58 bits per heavy atom. The van der Waals surface area contributed by atoms with Gasteiger partial charge >= 0.3 is 0 Å². The number of nitrogens with two attached hydrogens (primary N) is 2. The minimum absolute atomic E-state index is 0.0136. The van der Waals surface area contributed by atoms with Crippen LogP contribution in [0.2, 0.25) is 0 Å². The molecule has 1 aromatic rings. The van der Waals surface area contributed by atoms with Gasteiger partial charge in [-0.05, 0) is 12.5 Å². The predicted octanol–water partition coefficient (Wildman–Crippen LogP) is 0.859. The summed E-state index contributed by atoms with van der Waals surface area (Å²) < 4.78 is 0. The molecular formula is C8H14N4. The average molecular weight is 166 g/mol. The van der Waals surface area contributed by atoms with E-state index in [1.54, 1.807) is 12.3 Å². The number of nitrogens with zero attached hydrogens (tertiary/aromatic N) is 2. The first-order chi connectivity index (χ1) is 5.74. The van der Waals surface area contributed by atoms with E-state index < -0.39 is 0 Å². The maximum absolute atomic E-state index is 5.83. The van der Waals surface area contributed by atoms with Crippen LogP contribution in [0.25, 0.3) is 0 Å². The largest absolute Gasteiger partial charge is 0.368 e. The Labute approximate surface area is 72.0 Å². The lowest BCUT2D eigenvalue weighted by Crippen LogP contribution is -2.12. The fourth-order valence-corrected chi connectivity index (χ4v) is 1.05. The Morgan fingerprint density at radius 2 is 2.33 bits per heavy atom. The van der Waals surface area contributed by atoms with Gasteiger partial charge in [0, 0.05) is 12.2 Å². The molecule has 0 spiro atoms. The number of hydrogen-bond acceptors (Lipinski definition) is 4. The first-order valence-corrected chi connectivity index (χ1v) is 4.08. The van der Waals surface area contributed by atoms with E-state index >= 15 is 0 Å². The molecule has 66 valence electrons. The lowest BCUT2D eigenvalue weighted by molar-refractivity contribution is 0.621. The van der Waals surface area contributed by atoms with Crippen molar-refractivity contribution in [2.45, 2.75) is 25.8 Å². The summed E-state index contributed by atoms with van der Waals surface area (Å²) >= 11 is 0. The first-order valence-electron chi connectivity index (χ1n) is 4.08. The molecule has 0 bridgehead atoms. The van der Waals surface area contributed by atoms with Gasteiger partial charge in [-0.3, -0.25) is 0 Å². The molecular weight excluding hydrogens is 152 g/mol. The lowest BCUT2D eigenvalue weighted by Gasteiger charge is -2.08. The molecule has 1 unspecified atom stereocenters. The van der Waals surface area contributed by atoms with Gasteiger partial charge in [0.15, 0.2) is 0 Å². The number of hydrogen-bond donors (Lipinski definition) is 2. The van der Waals surface area contributed by atoms with Crippen molar-refractivity contribution in [2.24, 2.45) is 5.73 Å². The summed E-state index contributed by atoms with van der Waals surface area (Å²) in [5, 5.41) is 0. The van der Waals surface area contributed by atoms with E-state index in [1.807, 2.05) is 0 Å². The second kappa shape index (κ2) is 4.01. The Balaban J connectivity index is 2.73. The van der Waals surface area contributed by atoms with Gasteiger partial charge in [-0.15, -0.1) is 0 Å². The van der Waals surface area contributed by atoms with Crippen LogP contribution in [-0.2, 0) is 0 Å². The summed E-state index contributed by atoms with van der Waals surface area (Å²) in [7, 11) is 0. The highest BCUT2D eigenvalue weighted by Gasteiger charge is 2.05. The Hall–Kier alpha value is -1.16. The topological polar surface area (TPSA) is 77.8 Å². The van der Waals surface area contributed by atoms with E-state index in [0.29, 0.717) is 5.95 Å². The van der Waals surface area contributed by atoms with E-state index in [1.165, 1.54) is 0 Å². The molecule has 4 N–H and O–H groups in total. The van der Waals surface area contributed by atoms with Crippen LogP contribution >= 0.6 is 0 Å². The SMILES string of the molecule is CCCC(N)c1ccnc(N)n1. The standard InChI is InChI=1S/C8H14N4/c1-2-3-6(9)7-4-5-11-8(10)12-7/h4-6H,2-3,9H2,1H3,(H2,10,11,12). The van der Waals surface area contributed by atoms with Crippen LogP contribution < -0.4 is 11.5 Å². The summed E-state index contributed by atoms with van der Waals surface area (Å²) in [6.45, 7) is 2.09. The van der Waals surface area contributed by atoms with Crippen molar-refractivity contribution in [1.82, 2.24) is 9.97 Å². The third kappa shape index (κ3) is 2.17. The van der Waals surface area contributed by atoms with Gasteiger partial charge in [-0.2, -0.15) is 0 Å². The van der Waals surface area contributed by atoms with Crippen molar-refractivity contribution >= 4 is 5.95 Å². The Morgan fingerprint density at radius 3 is 2.92 bits per heavy atom. The van der Waals surface area contributed by atoms with Gasteiger partial charge < -0.3 is 11.5 Å². The third-order valence-electron chi connectivity index (χ3n) is 1.68. The van der Waals surface area contributed by atoms with Crippen molar-refractivity contribution in [3.8, 4) is 0 Å². The summed E-state index contributed by atoms with van der Waals surface area (Å²) in [5.74, 6) is 0.291. The molecule has 0 saturated heterocycles. The molecule has 1 rings (SSSR count). The minimum atomic E-state index is -0.0136. The van der Waals surface area contributed by atoms with Crippen LogP contribution in [0.4, 0.5) is 5.95 Å². The zero-order valence-corrected chi connectivity index (χ0v) is 7.20. The monoisotopic (exact) mass is 166 g/mol. The zero-order valence-electron chi connectivity index (χ0n) is 7.20. The molecule has 1 atom stereocenters. The summed E-state index contributed by atoms with van der Waals surface area (Å²) in [6, 6.07) is 1.79. The van der Waals surface area contributed by atoms with Gasteiger partial charge in [0.2, 0.25) is 5.95 Å². The van der Waals surface area contributed by atoms with E-state index in [-0.39, 0.29) is 6.04 Å². The van der Waals surface area contributed by atoms with Gasteiger partial charge in [0.05, 0.1) is 5.69 Å². The molecule has 0 saturated carbocycles. The van der Waals surface area contributed by atoms with Crippen LogP contribution in [0, 0.1) is 0 Å². The molecule has 0 aromatic carbocycles. The van der Waals surface area contributed by atoms with Gasteiger partial charge in [-0.1, -0.05) is 13.3 Å². The van der Waals surface area contributed by atoms with Crippen molar-refractivity contribution in [3.63, 3.8) is 0 Å². The lowest BCUT2D eigenvalue weighted by atomic mass is 10.1. The molecule has 0 aliphatic heterocycles. The molecule has 0 amide bonds. The molecule has 4 nitrogen and oxygen atoms in total. The van der Waals surface area contributed by atoms with Crippen LogP contribution in [0.15, 0.2) is 12.3 Å². The number of rotatable bonds is 3. The molecule has 0 fully saturated rings. The zero-order chi connectivity index (χ0) is 8.97. The first kappa shape index (κ1) is 8.93. The molecule has 1 heterocycles. The minimum Gasteiger partial charge on any atom is -0.368 e. The Bertz CT molecular complexity index is 249. The second-order valence-corrected chi connectivity index (χ2v) is 2.73. The molecule has 0 radical (unpaired) electrons. The van der Waals surface area contributed by atoms with Crippen LogP contribution in [0.3, 0.4) is 0 Å². The van der Waals surface area contributed by atoms with Crippen LogP contribution in [-0.4, -0.2) is 9.97 Å². The van der Waals surface area contributed by atoms with Crippen LogP contribution in [0.1, 0.15) is 31.5 Å². The smallest absolute Gasteiger partial charge is 0.220 e. The molecule has 4 heteroatoms. The summed E-state index contributed by atoms with van der Waals surface area (Å²) in [6.07, 6.45) is 3.61. The van der Waals surface area contributed by atoms with Crippen molar-refractivity contribution in [3.05, 3.63) is 18.0 Å². The molecule has 12 heavy (non-hydrogen) atoms. The van der Waals surface area contributed by atoms with E-state index in [4.69, 9.17) is 11.5 Å². The molecule has 1 aromatic heterocycles. The maximum atomic E-state index is 5.83. The van der Waals surface area contributed by atoms with Crippen molar-refractivity contribution < 1.29 is 0 Å². The summed E-state index contributed by atoms with van der Waals surface area (Å²) in [4.78, 5) is 7.83. The van der Waals surface area contributed by atoms with Crippen LogP contribution in [0.5, 0.6) is 0 Å².